The number of carbonyl (C=O) groups excluding carboxylic acids is 2. The first kappa shape index (κ1) is 18.9. The summed E-state index contributed by atoms with van der Waals surface area (Å²) in [7, 11) is 3.51. The van der Waals surface area contributed by atoms with Gasteiger partial charge in [0.25, 0.3) is 0 Å². The topological polar surface area (TPSA) is 82.5 Å². The molecule has 1 aromatic heterocycles. The number of hydrogen-bond donors (Lipinski definition) is 2. The highest BCUT2D eigenvalue weighted by Gasteiger charge is 2.24. The van der Waals surface area contributed by atoms with Crippen LogP contribution in [0.15, 0.2) is 42.7 Å². The summed E-state index contributed by atoms with van der Waals surface area (Å²) < 4.78 is 1.64. The van der Waals surface area contributed by atoms with Crippen LogP contribution in [0.25, 0.3) is 0 Å². The number of aromatic nitrogens is 2. The molecule has 8 heteroatoms. The SMILES string of the molecule is CNC(C(=O)NCC(=O)N1CCN(c2ccccc2)CC1)c1cnn(C)c1. The van der Waals surface area contributed by atoms with Crippen molar-refractivity contribution >= 4 is 17.5 Å². The third kappa shape index (κ3) is 4.65. The van der Waals surface area contributed by atoms with Crippen molar-refractivity contribution < 1.29 is 9.59 Å². The molecule has 2 aromatic rings. The van der Waals surface area contributed by atoms with Crippen molar-refractivity contribution in [1.82, 2.24) is 25.3 Å². The van der Waals surface area contributed by atoms with Crippen LogP contribution in [0.5, 0.6) is 0 Å². The smallest absolute Gasteiger partial charge is 0.242 e. The van der Waals surface area contributed by atoms with E-state index in [1.54, 1.807) is 36.1 Å². The van der Waals surface area contributed by atoms with Crippen molar-refractivity contribution in [1.29, 1.82) is 0 Å². The molecule has 0 saturated carbocycles. The lowest BCUT2D eigenvalue weighted by Gasteiger charge is -2.36. The number of benzene rings is 1. The number of rotatable bonds is 6. The molecule has 1 fully saturated rings. The van der Waals surface area contributed by atoms with Crippen LogP contribution in [0.3, 0.4) is 0 Å². The Morgan fingerprint density at radius 3 is 2.44 bits per heavy atom. The molecule has 1 atom stereocenters. The quantitative estimate of drug-likeness (QED) is 0.756. The monoisotopic (exact) mass is 370 g/mol. The van der Waals surface area contributed by atoms with Gasteiger partial charge < -0.3 is 20.4 Å². The largest absolute Gasteiger partial charge is 0.368 e. The van der Waals surface area contributed by atoms with Crippen molar-refractivity contribution in [2.24, 2.45) is 7.05 Å². The van der Waals surface area contributed by atoms with Gasteiger partial charge in [-0.3, -0.25) is 14.3 Å². The van der Waals surface area contributed by atoms with E-state index in [1.165, 1.54) is 5.69 Å². The van der Waals surface area contributed by atoms with Gasteiger partial charge >= 0.3 is 0 Å². The second kappa shape index (κ2) is 8.68. The second-order valence-corrected chi connectivity index (χ2v) is 6.59. The van der Waals surface area contributed by atoms with Crippen LogP contribution in [0.2, 0.25) is 0 Å². The number of amides is 2. The Hall–Kier alpha value is -2.87. The summed E-state index contributed by atoms with van der Waals surface area (Å²) in [6.07, 6.45) is 3.43. The summed E-state index contributed by atoms with van der Waals surface area (Å²) in [5.41, 5.74) is 1.94. The Bertz CT molecular complexity index is 768. The molecule has 0 radical (unpaired) electrons. The molecule has 3 rings (SSSR count). The third-order valence-corrected chi connectivity index (χ3v) is 4.78. The first-order valence-electron chi connectivity index (χ1n) is 9.10. The van der Waals surface area contributed by atoms with E-state index in [0.717, 1.165) is 18.7 Å². The number of nitrogens with one attached hydrogen (secondary N) is 2. The van der Waals surface area contributed by atoms with Crippen LogP contribution in [-0.2, 0) is 16.6 Å². The molecule has 1 aliphatic heterocycles. The number of nitrogens with zero attached hydrogens (tertiary/aromatic N) is 4. The standard InChI is InChI=1S/C19H26N6O2/c1-20-18(15-12-22-23(2)14-15)19(27)21-13-17(26)25-10-8-24(9-11-25)16-6-4-3-5-7-16/h3-7,12,14,18,20H,8-11,13H2,1-2H3,(H,21,27). The lowest BCUT2D eigenvalue weighted by molar-refractivity contribution is -0.133. The highest BCUT2D eigenvalue weighted by molar-refractivity contribution is 5.88. The zero-order valence-electron chi connectivity index (χ0n) is 15.8. The Labute approximate surface area is 159 Å². The molecule has 8 nitrogen and oxygen atoms in total. The maximum absolute atomic E-state index is 12.5. The normalized spacial score (nSPS) is 15.5. The van der Waals surface area contributed by atoms with E-state index in [4.69, 9.17) is 0 Å². The zero-order chi connectivity index (χ0) is 19.2. The maximum atomic E-state index is 12.5. The fraction of sp³-hybridized carbons (Fsp3) is 0.421. The number of aryl methyl sites for hydroxylation is 1. The van der Waals surface area contributed by atoms with Crippen LogP contribution >= 0.6 is 0 Å². The molecule has 0 aliphatic carbocycles. The number of carbonyl (C=O) groups is 2. The van der Waals surface area contributed by atoms with Gasteiger partial charge in [0, 0.05) is 50.7 Å². The van der Waals surface area contributed by atoms with Gasteiger partial charge in [0.05, 0.1) is 12.7 Å². The molecule has 1 aromatic carbocycles. The first-order valence-corrected chi connectivity index (χ1v) is 9.10. The van der Waals surface area contributed by atoms with Crippen LogP contribution in [-0.4, -0.2) is 66.3 Å². The Morgan fingerprint density at radius 2 is 1.85 bits per heavy atom. The Morgan fingerprint density at radius 1 is 1.15 bits per heavy atom. The summed E-state index contributed by atoms with van der Waals surface area (Å²) in [6, 6.07) is 9.66. The van der Waals surface area contributed by atoms with Gasteiger partial charge in [-0.1, -0.05) is 18.2 Å². The predicted molar refractivity (Wildman–Crippen MR) is 103 cm³/mol. The van der Waals surface area contributed by atoms with Crippen LogP contribution in [0.4, 0.5) is 5.69 Å². The Balaban J connectivity index is 1.47. The third-order valence-electron chi connectivity index (χ3n) is 4.78. The lowest BCUT2D eigenvalue weighted by atomic mass is 10.1. The predicted octanol–water partition coefficient (Wildman–Crippen LogP) is 0.146. The molecule has 2 amide bonds. The van der Waals surface area contributed by atoms with Crippen molar-refractivity contribution in [3.8, 4) is 0 Å². The van der Waals surface area contributed by atoms with Crippen molar-refractivity contribution in [3.63, 3.8) is 0 Å². The summed E-state index contributed by atoms with van der Waals surface area (Å²) in [5.74, 6) is -0.293. The maximum Gasteiger partial charge on any atom is 0.242 e. The van der Waals surface area contributed by atoms with Crippen LogP contribution in [0.1, 0.15) is 11.6 Å². The van der Waals surface area contributed by atoms with Gasteiger partial charge in [0.15, 0.2) is 0 Å². The summed E-state index contributed by atoms with van der Waals surface area (Å²) in [4.78, 5) is 28.9. The molecule has 1 saturated heterocycles. The number of para-hydroxylation sites is 1. The fourth-order valence-corrected chi connectivity index (χ4v) is 3.27. The average Bonchev–Trinajstić information content (AvgIpc) is 3.13. The average molecular weight is 370 g/mol. The van der Waals surface area contributed by atoms with E-state index in [2.05, 4.69) is 32.8 Å². The molecule has 1 aliphatic rings. The van der Waals surface area contributed by atoms with E-state index < -0.39 is 6.04 Å². The molecular formula is C19H26N6O2. The van der Waals surface area contributed by atoms with Gasteiger partial charge in [-0.05, 0) is 19.2 Å². The van der Waals surface area contributed by atoms with E-state index in [-0.39, 0.29) is 18.4 Å². The van der Waals surface area contributed by atoms with Gasteiger partial charge in [0.1, 0.15) is 6.04 Å². The summed E-state index contributed by atoms with van der Waals surface area (Å²) >= 11 is 0. The molecule has 2 N–H and O–H groups in total. The summed E-state index contributed by atoms with van der Waals surface area (Å²) in [6.45, 7) is 2.89. The number of piperazine rings is 1. The van der Waals surface area contributed by atoms with Crippen LogP contribution in [0, 0.1) is 0 Å². The minimum atomic E-state index is -0.526. The molecule has 2 heterocycles. The number of hydrogen-bond acceptors (Lipinski definition) is 5. The van der Waals surface area contributed by atoms with Gasteiger partial charge in [-0.2, -0.15) is 5.10 Å². The zero-order valence-corrected chi connectivity index (χ0v) is 15.8. The second-order valence-electron chi connectivity index (χ2n) is 6.59. The van der Waals surface area contributed by atoms with Gasteiger partial charge in [-0.15, -0.1) is 0 Å². The number of anilines is 1. The highest BCUT2D eigenvalue weighted by atomic mass is 16.2. The van der Waals surface area contributed by atoms with E-state index >= 15 is 0 Å². The minimum absolute atomic E-state index is 0.00259. The summed E-state index contributed by atoms with van der Waals surface area (Å²) in [5, 5.41) is 9.79. The van der Waals surface area contributed by atoms with Crippen molar-refractivity contribution in [2.75, 3.05) is 44.7 Å². The Kier molecular flexibility index (Phi) is 6.08. The van der Waals surface area contributed by atoms with Gasteiger partial charge in [-0.25, -0.2) is 0 Å². The highest BCUT2D eigenvalue weighted by Crippen LogP contribution is 2.15. The van der Waals surface area contributed by atoms with E-state index in [1.807, 2.05) is 18.2 Å². The minimum Gasteiger partial charge on any atom is -0.368 e. The number of likely N-dealkylation sites (N-methyl/N-ethyl adjacent to an activating group) is 1. The van der Waals surface area contributed by atoms with Crippen molar-refractivity contribution in [3.05, 3.63) is 48.3 Å². The molecule has 144 valence electrons. The molecule has 0 bridgehead atoms. The van der Waals surface area contributed by atoms with E-state index in [9.17, 15) is 9.59 Å². The first-order chi connectivity index (χ1) is 13.1. The lowest BCUT2D eigenvalue weighted by Crippen LogP contribution is -2.51. The molecular weight excluding hydrogens is 344 g/mol. The molecule has 1 unspecified atom stereocenters. The fourth-order valence-electron chi connectivity index (χ4n) is 3.27. The van der Waals surface area contributed by atoms with Gasteiger partial charge in [0.2, 0.25) is 11.8 Å². The molecule has 27 heavy (non-hydrogen) atoms. The molecule has 0 spiro atoms. The van der Waals surface area contributed by atoms with E-state index in [0.29, 0.717) is 13.1 Å². The van der Waals surface area contributed by atoms with Crippen molar-refractivity contribution in [2.45, 2.75) is 6.04 Å². The van der Waals surface area contributed by atoms with Crippen LogP contribution < -0.4 is 15.5 Å².